The standard InChI is InChI=1S/C13H15NS/c1-2-8-14-13-5-3-11(4-6-13)12-7-9-15-10-12/h3-7,9-10,14H,2,8H2,1H3. The van der Waals surface area contributed by atoms with Crippen LogP contribution >= 0.6 is 11.3 Å². The lowest BCUT2D eigenvalue weighted by Crippen LogP contribution is -1.98. The minimum absolute atomic E-state index is 1.04. The highest BCUT2D eigenvalue weighted by molar-refractivity contribution is 7.08. The zero-order valence-electron chi connectivity index (χ0n) is 8.86. The molecule has 2 heteroatoms. The summed E-state index contributed by atoms with van der Waals surface area (Å²) in [6.07, 6.45) is 1.16. The maximum atomic E-state index is 3.37. The van der Waals surface area contributed by atoms with Gasteiger partial charge in [-0.1, -0.05) is 19.1 Å². The predicted octanol–water partition coefficient (Wildman–Crippen LogP) is 4.24. The summed E-state index contributed by atoms with van der Waals surface area (Å²) in [6.45, 7) is 3.21. The lowest BCUT2D eigenvalue weighted by atomic mass is 10.1. The first-order chi connectivity index (χ1) is 7.40. The zero-order valence-corrected chi connectivity index (χ0v) is 9.68. The molecule has 1 aromatic heterocycles. The van der Waals surface area contributed by atoms with Crippen molar-refractivity contribution in [3.8, 4) is 11.1 Å². The molecule has 1 nitrogen and oxygen atoms in total. The predicted molar refractivity (Wildman–Crippen MR) is 68.5 cm³/mol. The number of rotatable bonds is 4. The molecule has 0 amide bonds. The maximum absolute atomic E-state index is 3.37. The molecular formula is C13H15NS. The molecule has 0 atom stereocenters. The van der Waals surface area contributed by atoms with E-state index in [0.717, 1.165) is 13.0 Å². The number of hydrogen-bond acceptors (Lipinski definition) is 2. The van der Waals surface area contributed by atoms with Gasteiger partial charge in [0, 0.05) is 12.2 Å². The topological polar surface area (TPSA) is 12.0 Å². The van der Waals surface area contributed by atoms with Gasteiger partial charge >= 0.3 is 0 Å². The monoisotopic (exact) mass is 217 g/mol. The fourth-order valence-electron chi connectivity index (χ4n) is 1.48. The van der Waals surface area contributed by atoms with E-state index in [4.69, 9.17) is 0 Å². The summed E-state index contributed by atoms with van der Waals surface area (Å²) >= 11 is 1.74. The second-order valence-corrected chi connectivity index (χ2v) is 4.30. The van der Waals surface area contributed by atoms with Gasteiger partial charge in [-0.25, -0.2) is 0 Å². The van der Waals surface area contributed by atoms with Crippen molar-refractivity contribution in [1.82, 2.24) is 0 Å². The molecule has 0 aliphatic heterocycles. The minimum atomic E-state index is 1.04. The summed E-state index contributed by atoms with van der Waals surface area (Å²) in [6, 6.07) is 10.8. The van der Waals surface area contributed by atoms with Gasteiger partial charge in [-0.3, -0.25) is 0 Å². The molecule has 1 heterocycles. The summed E-state index contributed by atoms with van der Waals surface area (Å²) in [7, 11) is 0. The summed E-state index contributed by atoms with van der Waals surface area (Å²) < 4.78 is 0. The van der Waals surface area contributed by atoms with Crippen LogP contribution < -0.4 is 5.32 Å². The van der Waals surface area contributed by atoms with Crippen molar-refractivity contribution in [1.29, 1.82) is 0 Å². The minimum Gasteiger partial charge on any atom is -0.385 e. The third kappa shape index (κ3) is 2.60. The molecule has 0 aliphatic rings. The van der Waals surface area contributed by atoms with Crippen molar-refractivity contribution >= 4 is 17.0 Å². The van der Waals surface area contributed by atoms with E-state index in [1.165, 1.54) is 16.8 Å². The van der Waals surface area contributed by atoms with Crippen LogP contribution in [0.2, 0.25) is 0 Å². The number of hydrogen-bond donors (Lipinski definition) is 1. The van der Waals surface area contributed by atoms with Crippen LogP contribution in [0, 0.1) is 0 Å². The maximum Gasteiger partial charge on any atom is 0.0340 e. The van der Waals surface area contributed by atoms with E-state index in [1.807, 2.05) is 0 Å². The third-order valence-electron chi connectivity index (χ3n) is 2.32. The van der Waals surface area contributed by atoms with Gasteiger partial charge < -0.3 is 5.32 Å². The van der Waals surface area contributed by atoms with E-state index in [0.29, 0.717) is 0 Å². The summed E-state index contributed by atoms with van der Waals surface area (Å²) in [5, 5.41) is 7.65. The summed E-state index contributed by atoms with van der Waals surface area (Å²) in [5.74, 6) is 0. The van der Waals surface area contributed by atoms with Crippen LogP contribution in [0.15, 0.2) is 41.1 Å². The average Bonchev–Trinajstić information content (AvgIpc) is 2.80. The Labute approximate surface area is 94.8 Å². The number of thiophene rings is 1. The Morgan fingerprint density at radius 1 is 1.07 bits per heavy atom. The smallest absolute Gasteiger partial charge is 0.0340 e. The van der Waals surface area contributed by atoms with E-state index in [-0.39, 0.29) is 0 Å². The van der Waals surface area contributed by atoms with E-state index >= 15 is 0 Å². The average molecular weight is 217 g/mol. The lowest BCUT2D eigenvalue weighted by molar-refractivity contribution is 0.980. The van der Waals surface area contributed by atoms with Crippen molar-refractivity contribution < 1.29 is 0 Å². The van der Waals surface area contributed by atoms with E-state index < -0.39 is 0 Å². The van der Waals surface area contributed by atoms with E-state index in [2.05, 4.69) is 53.3 Å². The summed E-state index contributed by atoms with van der Waals surface area (Å²) in [5.41, 5.74) is 3.80. The molecule has 0 radical (unpaired) electrons. The van der Waals surface area contributed by atoms with E-state index in [9.17, 15) is 0 Å². The van der Waals surface area contributed by atoms with Crippen LogP contribution in [-0.2, 0) is 0 Å². The van der Waals surface area contributed by atoms with E-state index in [1.54, 1.807) is 11.3 Å². The van der Waals surface area contributed by atoms with Crippen molar-refractivity contribution in [3.63, 3.8) is 0 Å². The van der Waals surface area contributed by atoms with Crippen LogP contribution in [0.5, 0.6) is 0 Å². The molecule has 0 unspecified atom stereocenters. The number of nitrogens with one attached hydrogen (secondary N) is 1. The first kappa shape index (κ1) is 10.2. The Balaban J connectivity index is 2.11. The zero-order chi connectivity index (χ0) is 10.5. The molecule has 0 bridgehead atoms. The molecule has 0 saturated heterocycles. The van der Waals surface area contributed by atoms with Gasteiger partial charge in [0.2, 0.25) is 0 Å². The van der Waals surface area contributed by atoms with Gasteiger partial charge in [0.1, 0.15) is 0 Å². The van der Waals surface area contributed by atoms with Crippen LogP contribution in [0.3, 0.4) is 0 Å². The van der Waals surface area contributed by atoms with Gasteiger partial charge in [0.25, 0.3) is 0 Å². The Morgan fingerprint density at radius 3 is 2.47 bits per heavy atom. The molecule has 15 heavy (non-hydrogen) atoms. The van der Waals surface area contributed by atoms with Crippen LogP contribution in [0.1, 0.15) is 13.3 Å². The van der Waals surface area contributed by atoms with Crippen LogP contribution in [0.4, 0.5) is 5.69 Å². The number of anilines is 1. The van der Waals surface area contributed by atoms with Crippen LogP contribution in [-0.4, -0.2) is 6.54 Å². The SMILES string of the molecule is CCCNc1ccc(-c2ccsc2)cc1. The van der Waals surface area contributed by atoms with Gasteiger partial charge in [-0.05, 0) is 46.5 Å². The first-order valence-electron chi connectivity index (χ1n) is 5.26. The Bertz CT molecular complexity index is 389. The molecular weight excluding hydrogens is 202 g/mol. The fourth-order valence-corrected chi connectivity index (χ4v) is 2.14. The molecule has 0 aliphatic carbocycles. The third-order valence-corrected chi connectivity index (χ3v) is 3.00. The molecule has 78 valence electrons. The molecule has 2 aromatic rings. The molecule has 2 rings (SSSR count). The first-order valence-corrected chi connectivity index (χ1v) is 6.21. The van der Waals surface area contributed by atoms with Gasteiger partial charge in [-0.2, -0.15) is 11.3 Å². The van der Waals surface area contributed by atoms with Gasteiger partial charge in [-0.15, -0.1) is 0 Å². The van der Waals surface area contributed by atoms with Crippen molar-refractivity contribution in [2.75, 3.05) is 11.9 Å². The highest BCUT2D eigenvalue weighted by atomic mass is 32.1. The Hall–Kier alpha value is -1.28. The molecule has 1 aromatic carbocycles. The Morgan fingerprint density at radius 2 is 1.87 bits per heavy atom. The van der Waals surface area contributed by atoms with Crippen molar-refractivity contribution in [3.05, 3.63) is 41.1 Å². The van der Waals surface area contributed by atoms with Crippen molar-refractivity contribution in [2.24, 2.45) is 0 Å². The highest BCUT2D eigenvalue weighted by Crippen LogP contribution is 2.23. The molecule has 1 N–H and O–H groups in total. The lowest BCUT2D eigenvalue weighted by Gasteiger charge is -2.05. The molecule has 0 spiro atoms. The quantitative estimate of drug-likeness (QED) is 0.807. The van der Waals surface area contributed by atoms with Gasteiger partial charge in [0.05, 0.1) is 0 Å². The second-order valence-electron chi connectivity index (χ2n) is 3.52. The van der Waals surface area contributed by atoms with Gasteiger partial charge in [0.15, 0.2) is 0 Å². The Kier molecular flexibility index (Phi) is 3.41. The molecule has 0 saturated carbocycles. The number of benzene rings is 1. The fraction of sp³-hybridized carbons (Fsp3) is 0.231. The highest BCUT2D eigenvalue weighted by Gasteiger charge is 1.97. The molecule has 0 fully saturated rings. The summed E-state index contributed by atoms with van der Waals surface area (Å²) in [4.78, 5) is 0. The normalized spacial score (nSPS) is 10.2. The van der Waals surface area contributed by atoms with Crippen molar-refractivity contribution in [2.45, 2.75) is 13.3 Å². The largest absolute Gasteiger partial charge is 0.385 e. The second kappa shape index (κ2) is 4.99. The van der Waals surface area contributed by atoms with Crippen LogP contribution in [0.25, 0.3) is 11.1 Å².